The van der Waals surface area contributed by atoms with Gasteiger partial charge < -0.3 is 10.1 Å². The van der Waals surface area contributed by atoms with Gasteiger partial charge in [-0.1, -0.05) is 17.7 Å². The minimum Gasteiger partial charge on any atom is -0.489 e. The molecule has 1 heterocycles. The molecular formula is C14H20ClNOS. The Morgan fingerprint density at radius 1 is 1.56 bits per heavy atom. The van der Waals surface area contributed by atoms with Gasteiger partial charge in [-0.2, -0.15) is 11.8 Å². The Balaban J connectivity index is 2.10. The minimum atomic E-state index is 0.271. The zero-order chi connectivity index (χ0) is 13.0. The van der Waals surface area contributed by atoms with Crippen molar-refractivity contribution >= 4 is 23.4 Å². The fourth-order valence-corrected chi connectivity index (χ4v) is 3.14. The standard InChI is InChI=1S/C14H20ClNOS/c1-10-12(15)4-3-5-13(10)17-14(9-18-2)11-6-7-16-8-11/h3-5,11,14,16H,6-9H2,1-2H3/t11?,14-/m0/s1. The third kappa shape index (κ3) is 3.34. The summed E-state index contributed by atoms with van der Waals surface area (Å²) in [6.07, 6.45) is 3.60. The van der Waals surface area contributed by atoms with E-state index in [2.05, 4.69) is 11.6 Å². The lowest BCUT2D eigenvalue weighted by molar-refractivity contribution is 0.164. The average molecular weight is 286 g/mol. The largest absolute Gasteiger partial charge is 0.489 e. The highest BCUT2D eigenvalue weighted by Gasteiger charge is 2.26. The molecule has 1 unspecified atom stereocenters. The van der Waals surface area contributed by atoms with Crippen molar-refractivity contribution < 1.29 is 4.74 Å². The van der Waals surface area contributed by atoms with Gasteiger partial charge in [-0.15, -0.1) is 0 Å². The molecular weight excluding hydrogens is 266 g/mol. The monoisotopic (exact) mass is 285 g/mol. The number of thioether (sulfide) groups is 1. The van der Waals surface area contributed by atoms with Crippen molar-refractivity contribution in [2.75, 3.05) is 25.1 Å². The molecule has 1 saturated heterocycles. The first-order valence-corrected chi connectivity index (χ1v) is 8.11. The maximum atomic E-state index is 6.21. The van der Waals surface area contributed by atoms with E-state index in [0.717, 1.165) is 35.2 Å². The second-order valence-electron chi connectivity index (χ2n) is 4.73. The topological polar surface area (TPSA) is 21.3 Å². The molecule has 2 nitrogen and oxygen atoms in total. The van der Waals surface area contributed by atoms with E-state index >= 15 is 0 Å². The molecule has 1 aromatic carbocycles. The summed E-state index contributed by atoms with van der Waals surface area (Å²) in [6, 6.07) is 5.87. The van der Waals surface area contributed by atoms with E-state index in [0.29, 0.717) is 5.92 Å². The molecule has 1 fully saturated rings. The Morgan fingerprint density at radius 3 is 3.06 bits per heavy atom. The van der Waals surface area contributed by atoms with Crippen LogP contribution in [0.4, 0.5) is 0 Å². The molecule has 18 heavy (non-hydrogen) atoms. The molecule has 1 aromatic rings. The number of halogens is 1. The number of ether oxygens (including phenoxy) is 1. The summed E-state index contributed by atoms with van der Waals surface area (Å²) in [4.78, 5) is 0. The minimum absolute atomic E-state index is 0.271. The molecule has 0 amide bonds. The van der Waals surface area contributed by atoms with Crippen LogP contribution in [0.2, 0.25) is 5.02 Å². The first-order chi connectivity index (χ1) is 8.72. The van der Waals surface area contributed by atoms with Crippen LogP contribution in [-0.4, -0.2) is 31.2 Å². The maximum Gasteiger partial charge on any atom is 0.124 e. The van der Waals surface area contributed by atoms with Crippen molar-refractivity contribution in [3.8, 4) is 5.75 Å². The van der Waals surface area contributed by atoms with Gasteiger partial charge in [0, 0.05) is 28.8 Å². The summed E-state index contributed by atoms with van der Waals surface area (Å²) < 4.78 is 6.21. The van der Waals surface area contributed by atoms with Crippen LogP contribution in [0.5, 0.6) is 5.75 Å². The summed E-state index contributed by atoms with van der Waals surface area (Å²) in [5.41, 5.74) is 1.04. The van der Waals surface area contributed by atoms with E-state index in [9.17, 15) is 0 Å². The Morgan fingerprint density at radius 2 is 2.39 bits per heavy atom. The Kier molecular flexibility index (Phi) is 5.22. The van der Waals surface area contributed by atoms with Crippen LogP contribution in [0.1, 0.15) is 12.0 Å². The van der Waals surface area contributed by atoms with Crippen LogP contribution in [0, 0.1) is 12.8 Å². The van der Waals surface area contributed by atoms with Crippen LogP contribution >= 0.6 is 23.4 Å². The van der Waals surface area contributed by atoms with Gasteiger partial charge in [-0.25, -0.2) is 0 Å². The van der Waals surface area contributed by atoms with E-state index in [1.165, 1.54) is 6.42 Å². The van der Waals surface area contributed by atoms with Gasteiger partial charge in [-0.05, 0) is 38.3 Å². The molecule has 1 aliphatic rings. The first-order valence-electron chi connectivity index (χ1n) is 6.33. The lowest BCUT2D eigenvalue weighted by Crippen LogP contribution is -2.31. The quantitative estimate of drug-likeness (QED) is 0.896. The fourth-order valence-electron chi connectivity index (χ4n) is 2.30. The number of rotatable bonds is 5. The fraction of sp³-hybridized carbons (Fsp3) is 0.571. The van der Waals surface area contributed by atoms with E-state index in [1.807, 2.05) is 36.9 Å². The van der Waals surface area contributed by atoms with Gasteiger partial charge >= 0.3 is 0 Å². The van der Waals surface area contributed by atoms with Crippen molar-refractivity contribution in [2.45, 2.75) is 19.4 Å². The highest BCUT2D eigenvalue weighted by Crippen LogP contribution is 2.29. The average Bonchev–Trinajstić information content (AvgIpc) is 2.88. The lowest BCUT2D eigenvalue weighted by Gasteiger charge is -2.24. The van der Waals surface area contributed by atoms with Crippen LogP contribution in [-0.2, 0) is 0 Å². The third-order valence-corrected chi connectivity index (χ3v) is 4.52. The molecule has 0 aliphatic carbocycles. The molecule has 1 aliphatic heterocycles. The van der Waals surface area contributed by atoms with Gasteiger partial charge in [0.25, 0.3) is 0 Å². The molecule has 0 saturated carbocycles. The number of hydrogen-bond donors (Lipinski definition) is 1. The first kappa shape index (κ1) is 14.0. The van der Waals surface area contributed by atoms with E-state index < -0.39 is 0 Å². The summed E-state index contributed by atoms with van der Waals surface area (Å²) in [5.74, 6) is 2.56. The number of nitrogens with one attached hydrogen (secondary N) is 1. The van der Waals surface area contributed by atoms with Crippen LogP contribution in [0.25, 0.3) is 0 Å². The molecule has 4 heteroatoms. The zero-order valence-electron chi connectivity index (χ0n) is 10.9. The Labute approximate surface area is 118 Å². The molecule has 2 rings (SSSR count). The molecule has 2 atom stereocenters. The highest BCUT2D eigenvalue weighted by molar-refractivity contribution is 7.98. The summed E-state index contributed by atoms with van der Waals surface area (Å²) in [7, 11) is 0. The molecule has 0 radical (unpaired) electrons. The highest BCUT2D eigenvalue weighted by atomic mass is 35.5. The summed E-state index contributed by atoms with van der Waals surface area (Å²) >= 11 is 7.98. The van der Waals surface area contributed by atoms with Crippen LogP contribution in [0.3, 0.4) is 0 Å². The number of benzene rings is 1. The SMILES string of the molecule is CSC[C@H](Oc1cccc(Cl)c1C)C1CCNC1. The number of hydrogen-bond acceptors (Lipinski definition) is 3. The van der Waals surface area contributed by atoms with Gasteiger partial charge in [0.2, 0.25) is 0 Å². The molecule has 1 N–H and O–H groups in total. The van der Waals surface area contributed by atoms with Crippen molar-refractivity contribution in [3.63, 3.8) is 0 Å². The Hall–Kier alpha value is -0.380. The summed E-state index contributed by atoms with van der Waals surface area (Å²) in [5, 5.41) is 4.19. The molecule has 100 valence electrons. The smallest absolute Gasteiger partial charge is 0.124 e. The predicted octanol–water partition coefficient (Wildman–Crippen LogP) is 3.37. The van der Waals surface area contributed by atoms with Crippen molar-refractivity contribution in [2.24, 2.45) is 5.92 Å². The molecule has 0 aromatic heterocycles. The van der Waals surface area contributed by atoms with Gasteiger partial charge in [-0.3, -0.25) is 0 Å². The van der Waals surface area contributed by atoms with Crippen molar-refractivity contribution in [1.82, 2.24) is 5.32 Å². The van der Waals surface area contributed by atoms with E-state index in [4.69, 9.17) is 16.3 Å². The predicted molar refractivity (Wildman–Crippen MR) is 80.0 cm³/mol. The van der Waals surface area contributed by atoms with Gasteiger partial charge in [0.15, 0.2) is 0 Å². The van der Waals surface area contributed by atoms with Gasteiger partial charge in [0.05, 0.1) is 0 Å². The lowest BCUT2D eigenvalue weighted by atomic mass is 10.0. The zero-order valence-corrected chi connectivity index (χ0v) is 12.5. The maximum absolute atomic E-state index is 6.21. The van der Waals surface area contributed by atoms with Crippen LogP contribution in [0.15, 0.2) is 18.2 Å². The van der Waals surface area contributed by atoms with Gasteiger partial charge in [0.1, 0.15) is 11.9 Å². The normalized spacial score (nSPS) is 20.9. The Bertz CT molecular complexity index is 393. The second-order valence-corrected chi connectivity index (χ2v) is 6.05. The second kappa shape index (κ2) is 6.69. The van der Waals surface area contributed by atoms with E-state index in [1.54, 1.807) is 0 Å². The van der Waals surface area contributed by atoms with Crippen molar-refractivity contribution in [3.05, 3.63) is 28.8 Å². The summed E-state index contributed by atoms with van der Waals surface area (Å²) in [6.45, 7) is 4.18. The molecule has 0 bridgehead atoms. The third-order valence-electron chi connectivity index (χ3n) is 3.45. The molecule has 0 spiro atoms. The van der Waals surface area contributed by atoms with E-state index in [-0.39, 0.29) is 6.10 Å². The van der Waals surface area contributed by atoms with Crippen molar-refractivity contribution in [1.29, 1.82) is 0 Å². The van der Waals surface area contributed by atoms with Crippen LogP contribution < -0.4 is 10.1 Å².